The van der Waals surface area contributed by atoms with Gasteiger partial charge in [-0.15, -0.1) is 0 Å². The van der Waals surface area contributed by atoms with E-state index in [0.717, 1.165) is 0 Å². The molecule has 3 aliphatic rings. The predicted octanol–water partition coefficient (Wildman–Crippen LogP) is 24.4. The minimum Gasteiger partial charge on any atom is -0.0622 e. The standard InChI is InChI=1S/C45H32.C44H34/c1-45(2)40-26-24-29-13-6-7-18-34(29)44(40)39-25-23-32(28-41(39)45)31-16-12-17-33(27-31)43-37-21-10-8-19-35(37)42(30-14-4-3-5-15-30)36-20-9-11-22-38(36)43;1-43(2)37-21-13-12-16-29(37)35-25-40-36(26-39(35)43)30-23-22-28(24-38(30)44(40,3)4)42-33-19-10-8-17-31(33)41(27-14-6-5-7-15-27)32-18-9-11-20-34(32)42/h3-28H,1-2H3;5-26H,1-4H3. The Kier molecular flexibility index (Phi) is 11.8. The SMILES string of the molecule is CC1(C)c2cc(-c3cccc(-c4c5ccccc5c(-c5ccccc5)c5ccccc45)c3)ccc2-c2c1ccc1ccccc21.CC1(C)c2ccccc2-c2cc3c(cc21)-c1ccc(-c2c4ccccc4c(-c4ccccc4)c4ccccc24)cc1C3(C)C. The van der Waals surface area contributed by atoms with E-state index in [1.807, 2.05) is 0 Å². The third-order valence-corrected chi connectivity index (χ3v) is 20.7. The zero-order valence-corrected chi connectivity index (χ0v) is 51.2. The first-order chi connectivity index (χ1) is 43.4. The van der Waals surface area contributed by atoms with Gasteiger partial charge >= 0.3 is 0 Å². The second kappa shape index (κ2) is 19.8. The molecule has 0 amide bonds. The van der Waals surface area contributed by atoms with Crippen LogP contribution >= 0.6 is 0 Å². The van der Waals surface area contributed by atoms with Gasteiger partial charge in [-0.25, -0.2) is 0 Å². The first-order valence-corrected chi connectivity index (χ1v) is 31.6. The quantitative estimate of drug-likeness (QED) is 0.151. The highest BCUT2D eigenvalue weighted by Gasteiger charge is 2.42. The average molecular weight is 1140 g/mol. The molecule has 0 heterocycles. The maximum absolute atomic E-state index is 2.51. The van der Waals surface area contributed by atoms with Gasteiger partial charge in [-0.2, -0.15) is 0 Å². The van der Waals surface area contributed by atoms with E-state index in [4.69, 9.17) is 0 Å². The second-order valence-corrected chi connectivity index (χ2v) is 26.6. The van der Waals surface area contributed by atoms with Gasteiger partial charge in [0.1, 0.15) is 0 Å². The summed E-state index contributed by atoms with van der Waals surface area (Å²) < 4.78 is 0. The molecule has 422 valence electrons. The van der Waals surface area contributed by atoms with Crippen LogP contribution in [0.2, 0.25) is 0 Å². The van der Waals surface area contributed by atoms with Crippen LogP contribution in [0.15, 0.2) is 291 Å². The molecule has 0 N–H and O–H groups in total. The Morgan fingerprint density at radius 2 is 0.506 bits per heavy atom. The Labute approximate surface area is 522 Å². The highest BCUT2D eigenvalue weighted by atomic mass is 14.5. The molecule has 3 aliphatic carbocycles. The fraction of sp³-hybridized carbons (Fsp3) is 0.101. The Hall–Kier alpha value is -10.4. The van der Waals surface area contributed by atoms with Gasteiger partial charge < -0.3 is 0 Å². The summed E-state index contributed by atoms with van der Waals surface area (Å²) >= 11 is 0. The molecule has 0 aliphatic heterocycles. The largest absolute Gasteiger partial charge is 0.0622 e. The molecule has 15 aromatic rings. The van der Waals surface area contributed by atoms with E-state index in [9.17, 15) is 0 Å². The topological polar surface area (TPSA) is 0 Å². The molecule has 0 aromatic heterocycles. The van der Waals surface area contributed by atoms with Crippen LogP contribution in [0.4, 0.5) is 0 Å². The van der Waals surface area contributed by atoms with Crippen molar-refractivity contribution in [1.82, 2.24) is 0 Å². The molecule has 15 aromatic carbocycles. The van der Waals surface area contributed by atoms with Gasteiger partial charge in [-0.05, 0) is 207 Å². The number of fused-ring (bicyclic) bond motifs is 15. The van der Waals surface area contributed by atoms with E-state index in [1.165, 1.54) is 176 Å². The molecule has 0 bridgehead atoms. The summed E-state index contributed by atoms with van der Waals surface area (Å²) in [7, 11) is 0. The number of benzene rings is 15. The number of rotatable bonds is 5. The zero-order valence-electron chi connectivity index (χ0n) is 51.2. The molecular weight excluding hydrogens is 1070 g/mol. The van der Waals surface area contributed by atoms with Crippen molar-refractivity contribution in [3.63, 3.8) is 0 Å². The third kappa shape index (κ3) is 7.92. The molecule has 0 radical (unpaired) electrons. The summed E-state index contributed by atoms with van der Waals surface area (Å²) in [6.07, 6.45) is 0. The Balaban J connectivity index is 0.000000138. The molecule has 0 unspecified atom stereocenters. The molecule has 0 saturated carbocycles. The van der Waals surface area contributed by atoms with Crippen LogP contribution in [0.1, 0.15) is 74.9 Å². The molecule has 0 atom stereocenters. The maximum atomic E-state index is 2.51. The van der Waals surface area contributed by atoms with Crippen LogP contribution < -0.4 is 0 Å². The minimum absolute atomic E-state index is 0.00781. The Morgan fingerprint density at radius 3 is 1.04 bits per heavy atom. The summed E-state index contributed by atoms with van der Waals surface area (Å²) in [6, 6.07) is 108. The van der Waals surface area contributed by atoms with Crippen molar-refractivity contribution in [2.24, 2.45) is 0 Å². The van der Waals surface area contributed by atoms with Gasteiger partial charge in [0.05, 0.1) is 0 Å². The lowest BCUT2D eigenvalue weighted by atomic mass is 9.78. The lowest BCUT2D eigenvalue weighted by Gasteiger charge is -2.24. The summed E-state index contributed by atoms with van der Waals surface area (Å²) in [5.41, 5.74) is 29.5. The van der Waals surface area contributed by atoms with Crippen LogP contribution in [0.3, 0.4) is 0 Å². The molecule has 0 heteroatoms. The van der Waals surface area contributed by atoms with Gasteiger partial charge in [0, 0.05) is 16.2 Å². The number of hydrogen-bond donors (Lipinski definition) is 0. The summed E-state index contributed by atoms with van der Waals surface area (Å²) in [4.78, 5) is 0. The van der Waals surface area contributed by atoms with Crippen LogP contribution in [0.5, 0.6) is 0 Å². The highest BCUT2D eigenvalue weighted by Crippen LogP contribution is 2.58. The summed E-state index contributed by atoms with van der Waals surface area (Å²) in [5.74, 6) is 0. The normalized spacial score (nSPS) is 14.2. The van der Waals surface area contributed by atoms with E-state index in [1.54, 1.807) is 0 Å². The zero-order chi connectivity index (χ0) is 59.9. The van der Waals surface area contributed by atoms with Crippen molar-refractivity contribution >= 4 is 53.9 Å². The molecular formula is C89H66. The summed E-state index contributed by atoms with van der Waals surface area (Å²) in [6.45, 7) is 14.3. The Morgan fingerprint density at radius 1 is 0.169 bits per heavy atom. The van der Waals surface area contributed by atoms with Gasteiger partial charge in [0.25, 0.3) is 0 Å². The van der Waals surface area contributed by atoms with Crippen molar-refractivity contribution in [2.45, 2.75) is 57.8 Å². The van der Waals surface area contributed by atoms with Crippen molar-refractivity contribution in [2.75, 3.05) is 0 Å². The van der Waals surface area contributed by atoms with Crippen molar-refractivity contribution in [3.05, 3.63) is 325 Å². The van der Waals surface area contributed by atoms with Crippen LogP contribution in [0, 0.1) is 0 Å². The molecule has 89 heavy (non-hydrogen) atoms. The average Bonchev–Trinajstić information content (AvgIpc) is 1.70. The monoisotopic (exact) mass is 1130 g/mol. The Bertz CT molecular complexity index is 5320. The molecule has 0 saturated heterocycles. The lowest BCUT2D eigenvalue weighted by Crippen LogP contribution is -2.17. The van der Waals surface area contributed by atoms with Gasteiger partial charge in [-0.1, -0.05) is 302 Å². The summed E-state index contributed by atoms with van der Waals surface area (Å²) in [5, 5.41) is 13.0. The van der Waals surface area contributed by atoms with Crippen molar-refractivity contribution in [3.8, 4) is 89.0 Å². The first-order valence-electron chi connectivity index (χ1n) is 31.6. The molecule has 18 rings (SSSR count). The molecule has 0 nitrogen and oxygen atoms in total. The predicted molar refractivity (Wildman–Crippen MR) is 380 cm³/mol. The van der Waals surface area contributed by atoms with Crippen molar-refractivity contribution in [1.29, 1.82) is 0 Å². The molecule has 0 fully saturated rings. The fourth-order valence-corrected chi connectivity index (χ4v) is 16.3. The van der Waals surface area contributed by atoms with Crippen LogP contribution in [-0.2, 0) is 16.2 Å². The van der Waals surface area contributed by atoms with Crippen LogP contribution in [0.25, 0.3) is 143 Å². The van der Waals surface area contributed by atoms with Crippen molar-refractivity contribution < 1.29 is 0 Å². The van der Waals surface area contributed by atoms with E-state index >= 15 is 0 Å². The lowest BCUT2D eigenvalue weighted by molar-refractivity contribution is 0.652. The van der Waals surface area contributed by atoms with Gasteiger partial charge in [0.15, 0.2) is 0 Å². The van der Waals surface area contributed by atoms with E-state index in [-0.39, 0.29) is 16.2 Å². The first kappa shape index (κ1) is 52.9. The number of hydrogen-bond acceptors (Lipinski definition) is 0. The second-order valence-electron chi connectivity index (χ2n) is 26.6. The van der Waals surface area contributed by atoms with Gasteiger partial charge in [-0.3, -0.25) is 0 Å². The fourth-order valence-electron chi connectivity index (χ4n) is 16.3. The highest BCUT2D eigenvalue weighted by molar-refractivity contribution is 6.23. The van der Waals surface area contributed by atoms with E-state index in [2.05, 4.69) is 333 Å². The smallest absolute Gasteiger partial charge is 0.0159 e. The van der Waals surface area contributed by atoms with Crippen LogP contribution in [-0.4, -0.2) is 0 Å². The third-order valence-electron chi connectivity index (χ3n) is 20.7. The maximum Gasteiger partial charge on any atom is 0.0159 e. The minimum atomic E-state index is -0.104. The van der Waals surface area contributed by atoms with E-state index in [0.29, 0.717) is 0 Å². The van der Waals surface area contributed by atoms with Gasteiger partial charge in [0.2, 0.25) is 0 Å². The van der Waals surface area contributed by atoms with E-state index < -0.39 is 0 Å². The molecule has 0 spiro atoms.